The van der Waals surface area contributed by atoms with Gasteiger partial charge in [0.1, 0.15) is 5.37 Å². The van der Waals surface area contributed by atoms with Crippen molar-refractivity contribution in [2.45, 2.75) is 12.3 Å². The van der Waals surface area contributed by atoms with Crippen LogP contribution in [0.5, 0.6) is 0 Å². The van der Waals surface area contributed by atoms with Crippen LogP contribution in [0.15, 0.2) is 24.7 Å². The average Bonchev–Trinajstić information content (AvgIpc) is 1.98. The summed E-state index contributed by atoms with van der Waals surface area (Å²) in [4.78, 5) is 1.11. The standard InChI is InChI=1S/C8H15NO5S.H3N/c1-6(10)4-9(5-7(2)11)8(3)15(12,13)14;/h8,10-11H,1-2,4-5H2,3H3,(H,12,13,14);1H3. The first-order valence-electron chi connectivity index (χ1n) is 4.08. The summed E-state index contributed by atoms with van der Waals surface area (Å²) < 4.78 is 30.4. The monoisotopic (exact) mass is 254 g/mol. The van der Waals surface area contributed by atoms with Crippen molar-refractivity contribution < 1.29 is 23.2 Å². The molecule has 0 aromatic carbocycles. The lowest BCUT2D eigenvalue weighted by Crippen LogP contribution is -2.40. The number of rotatable bonds is 6. The van der Waals surface area contributed by atoms with Crippen LogP contribution in [-0.4, -0.2) is 46.5 Å². The summed E-state index contributed by atoms with van der Waals surface area (Å²) in [6, 6.07) is 0. The predicted octanol–water partition coefficient (Wildman–Crippen LogP) is 0.828. The van der Waals surface area contributed by atoms with E-state index in [1.807, 2.05) is 0 Å². The van der Waals surface area contributed by atoms with E-state index in [-0.39, 0.29) is 30.8 Å². The summed E-state index contributed by atoms with van der Waals surface area (Å²) in [6.45, 7) is 7.25. The summed E-state index contributed by atoms with van der Waals surface area (Å²) in [5.74, 6) is -0.543. The van der Waals surface area contributed by atoms with E-state index in [9.17, 15) is 8.42 Å². The molecule has 96 valence electrons. The lowest BCUT2D eigenvalue weighted by atomic mass is 10.4. The van der Waals surface area contributed by atoms with E-state index in [1.54, 1.807) is 0 Å². The number of hydrogen-bond donors (Lipinski definition) is 4. The Morgan fingerprint density at radius 3 is 1.75 bits per heavy atom. The van der Waals surface area contributed by atoms with E-state index in [4.69, 9.17) is 14.8 Å². The molecule has 6 N–H and O–H groups in total. The maximum Gasteiger partial charge on any atom is 0.281 e. The quantitative estimate of drug-likeness (QED) is 0.407. The summed E-state index contributed by atoms with van der Waals surface area (Å²) >= 11 is 0. The third-order valence-corrected chi connectivity index (χ3v) is 2.88. The SMILES string of the molecule is C=C(O)CN(CC(=C)O)C(C)S(=O)(=O)O.N. The average molecular weight is 254 g/mol. The molecular formula is C8H18N2O5S. The largest absolute Gasteiger partial charge is 0.512 e. The van der Waals surface area contributed by atoms with Crippen molar-refractivity contribution in [3.05, 3.63) is 24.7 Å². The third kappa shape index (κ3) is 6.40. The smallest absolute Gasteiger partial charge is 0.281 e. The van der Waals surface area contributed by atoms with Crippen molar-refractivity contribution in [1.29, 1.82) is 0 Å². The van der Waals surface area contributed by atoms with Gasteiger partial charge in [0, 0.05) is 0 Å². The Labute approximate surface area is 95.0 Å². The van der Waals surface area contributed by atoms with Gasteiger partial charge in [-0.15, -0.1) is 0 Å². The van der Waals surface area contributed by atoms with Gasteiger partial charge < -0.3 is 16.4 Å². The van der Waals surface area contributed by atoms with Crippen LogP contribution in [0.2, 0.25) is 0 Å². The summed E-state index contributed by atoms with van der Waals surface area (Å²) in [7, 11) is -4.27. The Morgan fingerprint density at radius 1 is 1.25 bits per heavy atom. The second-order valence-corrected chi connectivity index (χ2v) is 4.86. The van der Waals surface area contributed by atoms with Gasteiger partial charge in [-0.3, -0.25) is 9.45 Å². The molecule has 0 amide bonds. The van der Waals surface area contributed by atoms with Crippen molar-refractivity contribution in [3.8, 4) is 0 Å². The van der Waals surface area contributed by atoms with Crippen molar-refractivity contribution in [3.63, 3.8) is 0 Å². The molecule has 16 heavy (non-hydrogen) atoms. The molecule has 8 heteroatoms. The topological polar surface area (TPSA) is 133 Å². The van der Waals surface area contributed by atoms with Crippen LogP contribution >= 0.6 is 0 Å². The zero-order valence-corrected chi connectivity index (χ0v) is 9.94. The first kappa shape index (κ1) is 17.3. The fraction of sp³-hybridized carbons (Fsp3) is 0.500. The molecule has 0 aliphatic carbocycles. The number of aliphatic hydroxyl groups is 2. The van der Waals surface area contributed by atoms with Crippen LogP contribution in [0.4, 0.5) is 0 Å². The van der Waals surface area contributed by atoms with Crippen LogP contribution in [0.1, 0.15) is 6.92 Å². The highest BCUT2D eigenvalue weighted by atomic mass is 32.2. The van der Waals surface area contributed by atoms with Gasteiger partial charge in [0.15, 0.2) is 0 Å². The molecule has 0 rings (SSSR count). The van der Waals surface area contributed by atoms with Gasteiger partial charge in [0.05, 0.1) is 24.6 Å². The van der Waals surface area contributed by atoms with E-state index >= 15 is 0 Å². The summed E-state index contributed by atoms with van der Waals surface area (Å²) in [6.07, 6.45) is 0. The minimum Gasteiger partial charge on any atom is -0.512 e. The third-order valence-electron chi connectivity index (χ3n) is 1.72. The molecule has 0 saturated carbocycles. The molecule has 0 aliphatic heterocycles. The number of aliphatic hydroxyl groups excluding tert-OH is 2. The van der Waals surface area contributed by atoms with Crippen molar-refractivity contribution >= 4 is 10.1 Å². The highest BCUT2D eigenvalue weighted by Crippen LogP contribution is 2.09. The molecule has 0 spiro atoms. The molecule has 0 aromatic heterocycles. The maximum atomic E-state index is 10.8. The zero-order chi connectivity index (χ0) is 12.2. The van der Waals surface area contributed by atoms with Gasteiger partial charge in [-0.25, -0.2) is 0 Å². The molecule has 0 saturated heterocycles. The molecule has 0 heterocycles. The predicted molar refractivity (Wildman–Crippen MR) is 61.1 cm³/mol. The van der Waals surface area contributed by atoms with Crippen LogP contribution in [-0.2, 0) is 10.1 Å². The zero-order valence-electron chi connectivity index (χ0n) is 9.13. The van der Waals surface area contributed by atoms with Crippen LogP contribution in [0, 0.1) is 0 Å². The van der Waals surface area contributed by atoms with Crippen LogP contribution in [0.3, 0.4) is 0 Å². The van der Waals surface area contributed by atoms with E-state index in [2.05, 4.69) is 13.2 Å². The Balaban J connectivity index is 0. The number of hydrogen-bond acceptors (Lipinski definition) is 6. The van der Waals surface area contributed by atoms with Gasteiger partial charge in [-0.2, -0.15) is 8.42 Å². The normalized spacial score (nSPS) is 12.9. The Hall–Kier alpha value is -1.09. The summed E-state index contributed by atoms with van der Waals surface area (Å²) in [5, 5.41) is 16.6. The van der Waals surface area contributed by atoms with E-state index in [0.29, 0.717) is 0 Å². The van der Waals surface area contributed by atoms with Gasteiger partial charge in [-0.1, -0.05) is 13.2 Å². The molecule has 7 nitrogen and oxygen atoms in total. The lowest BCUT2D eigenvalue weighted by Gasteiger charge is -2.25. The minimum absolute atomic E-state index is 0. The van der Waals surface area contributed by atoms with Gasteiger partial charge in [0.25, 0.3) is 10.1 Å². The van der Waals surface area contributed by atoms with Gasteiger partial charge in [-0.05, 0) is 6.92 Å². The minimum atomic E-state index is -4.27. The molecule has 0 radical (unpaired) electrons. The van der Waals surface area contributed by atoms with E-state index in [1.165, 1.54) is 6.92 Å². The highest BCUT2D eigenvalue weighted by Gasteiger charge is 2.25. The summed E-state index contributed by atoms with van der Waals surface area (Å²) in [5.41, 5.74) is 0. The molecule has 0 bridgehead atoms. The Morgan fingerprint density at radius 2 is 1.56 bits per heavy atom. The molecule has 1 atom stereocenters. The fourth-order valence-corrected chi connectivity index (χ4v) is 1.50. The van der Waals surface area contributed by atoms with Crippen molar-refractivity contribution in [1.82, 2.24) is 11.1 Å². The second kappa shape index (κ2) is 6.48. The molecule has 0 aromatic rings. The fourth-order valence-electron chi connectivity index (χ4n) is 0.970. The van der Waals surface area contributed by atoms with E-state index < -0.39 is 15.5 Å². The van der Waals surface area contributed by atoms with E-state index in [0.717, 1.165) is 4.90 Å². The first-order chi connectivity index (χ1) is 6.64. The second-order valence-electron chi connectivity index (χ2n) is 3.15. The highest BCUT2D eigenvalue weighted by molar-refractivity contribution is 7.86. The van der Waals surface area contributed by atoms with Crippen molar-refractivity contribution in [2.24, 2.45) is 0 Å². The van der Waals surface area contributed by atoms with Gasteiger partial charge >= 0.3 is 0 Å². The van der Waals surface area contributed by atoms with Gasteiger partial charge in [0.2, 0.25) is 0 Å². The molecule has 0 fully saturated rings. The molecule has 0 aliphatic rings. The first-order valence-corrected chi connectivity index (χ1v) is 5.58. The number of nitrogens with zero attached hydrogens (tertiary/aromatic N) is 1. The maximum absolute atomic E-state index is 10.8. The Bertz CT molecular complexity index is 335. The molecular weight excluding hydrogens is 236 g/mol. The van der Waals surface area contributed by atoms with Crippen molar-refractivity contribution in [2.75, 3.05) is 13.1 Å². The van der Waals surface area contributed by atoms with Crippen LogP contribution in [0.25, 0.3) is 0 Å². The Kier molecular flexibility index (Phi) is 7.01. The lowest BCUT2D eigenvalue weighted by molar-refractivity contribution is 0.218. The molecule has 1 unspecified atom stereocenters. The van der Waals surface area contributed by atoms with Crippen LogP contribution < -0.4 is 6.15 Å².